The molecule has 5 nitrogen and oxygen atoms in total. The third-order valence-corrected chi connectivity index (χ3v) is 2.67. The summed E-state index contributed by atoms with van der Waals surface area (Å²) in [5, 5.41) is 7.05. The fourth-order valence-electron chi connectivity index (χ4n) is 1.79. The number of aryl methyl sites for hydroxylation is 1. The average Bonchev–Trinajstić information content (AvgIpc) is 2.63. The summed E-state index contributed by atoms with van der Waals surface area (Å²) >= 11 is 0. The minimum Gasteiger partial charge on any atom is -0.364 e. The van der Waals surface area contributed by atoms with Crippen LogP contribution in [-0.2, 0) is 11.3 Å². The second-order valence-electron chi connectivity index (χ2n) is 4.25. The summed E-state index contributed by atoms with van der Waals surface area (Å²) in [7, 11) is 0. The Kier molecular flexibility index (Phi) is 3.02. The summed E-state index contributed by atoms with van der Waals surface area (Å²) in [6.45, 7) is 6.29. The maximum Gasteiger partial charge on any atom is 0.252 e. The number of nitrogens with zero attached hydrogens (tertiary/aromatic N) is 2. The van der Waals surface area contributed by atoms with Gasteiger partial charge in [-0.05, 0) is 33.2 Å². The second kappa shape index (κ2) is 4.28. The van der Waals surface area contributed by atoms with Gasteiger partial charge in [-0.25, -0.2) is 0 Å². The molecule has 1 aliphatic rings. The number of nitrogens with one attached hydrogen (secondary N) is 1. The first-order valence-electron chi connectivity index (χ1n) is 5.32. The molecule has 0 aliphatic carbocycles. The van der Waals surface area contributed by atoms with Crippen molar-refractivity contribution >= 4 is 0 Å². The number of hydrogen-bond donors (Lipinski definition) is 1. The Morgan fingerprint density at radius 3 is 3.07 bits per heavy atom. The molecule has 1 fully saturated rings. The first-order valence-corrected chi connectivity index (χ1v) is 5.32. The van der Waals surface area contributed by atoms with Gasteiger partial charge in [0.15, 0.2) is 5.82 Å². The first kappa shape index (κ1) is 10.6. The fourth-order valence-corrected chi connectivity index (χ4v) is 1.79. The lowest BCUT2D eigenvalue weighted by atomic mass is 9.96. The van der Waals surface area contributed by atoms with E-state index in [1.165, 1.54) is 0 Å². The number of ether oxygens (including phenoxy) is 1. The van der Waals surface area contributed by atoms with Gasteiger partial charge >= 0.3 is 0 Å². The molecule has 0 bridgehead atoms. The van der Waals surface area contributed by atoms with Crippen LogP contribution in [0.25, 0.3) is 0 Å². The van der Waals surface area contributed by atoms with Crippen LogP contribution in [0.1, 0.15) is 31.5 Å². The topological polar surface area (TPSA) is 60.2 Å². The van der Waals surface area contributed by atoms with Crippen molar-refractivity contribution in [2.24, 2.45) is 0 Å². The van der Waals surface area contributed by atoms with Crippen molar-refractivity contribution in [1.82, 2.24) is 15.5 Å². The molecule has 1 atom stereocenters. The Hall–Kier alpha value is -0.940. The third-order valence-electron chi connectivity index (χ3n) is 2.67. The third kappa shape index (κ3) is 2.76. The zero-order chi connectivity index (χ0) is 10.7. The number of rotatable bonds is 3. The largest absolute Gasteiger partial charge is 0.364 e. The van der Waals surface area contributed by atoms with Crippen LogP contribution in [0.4, 0.5) is 0 Å². The smallest absolute Gasteiger partial charge is 0.252 e. The van der Waals surface area contributed by atoms with Crippen LogP contribution in [0.2, 0.25) is 0 Å². The van der Waals surface area contributed by atoms with Crippen molar-refractivity contribution in [2.75, 3.05) is 13.1 Å². The highest BCUT2D eigenvalue weighted by Gasteiger charge is 2.27. The lowest BCUT2D eigenvalue weighted by Crippen LogP contribution is -2.45. The van der Waals surface area contributed by atoms with E-state index in [0.717, 1.165) is 25.9 Å². The van der Waals surface area contributed by atoms with Crippen LogP contribution in [0.3, 0.4) is 0 Å². The maximum absolute atomic E-state index is 5.81. The van der Waals surface area contributed by atoms with Crippen LogP contribution < -0.4 is 5.32 Å². The number of aromatic nitrogens is 2. The molecule has 0 radical (unpaired) electrons. The van der Waals surface area contributed by atoms with Gasteiger partial charge in [0.05, 0.1) is 5.60 Å². The van der Waals surface area contributed by atoms with Gasteiger partial charge < -0.3 is 14.6 Å². The SMILES string of the molecule is Cc1noc(COC2(C)CCCNC2)n1. The fraction of sp³-hybridized carbons (Fsp3) is 0.800. The molecule has 2 rings (SSSR count). The van der Waals surface area contributed by atoms with Gasteiger partial charge in [0.2, 0.25) is 0 Å². The maximum atomic E-state index is 5.81. The van der Waals surface area contributed by atoms with E-state index in [4.69, 9.17) is 9.26 Å². The van der Waals surface area contributed by atoms with Crippen LogP contribution >= 0.6 is 0 Å². The second-order valence-corrected chi connectivity index (χ2v) is 4.25. The predicted molar refractivity (Wildman–Crippen MR) is 54.3 cm³/mol. The van der Waals surface area contributed by atoms with Crippen molar-refractivity contribution in [3.05, 3.63) is 11.7 Å². The standard InChI is InChI=1S/C10H17N3O2/c1-8-12-9(15-13-8)6-14-10(2)4-3-5-11-7-10/h11H,3-7H2,1-2H3. The van der Waals surface area contributed by atoms with E-state index in [1.807, 2.05) is 0 Å². The minimum atomic E-state index is -0.0966. The normalized spacial score (nSPS) is 26.8. The first-order chi connectivity index (χ1) is 7.18. The van der Waals surface area contributed by atoms with E-state index in [0.29, 0.717) is 18.3 Å². The summed E-state index contributed by atoms with van der Waals surface area (Å²) < 4.78 is 10.8. The number of piperidine rings is 1. The highest BCUT2D eigenvalue weighted by Crippen LogP contribution is 2.21. The van der Waals surface area contributed by atoms with E-state index < -0.39 is 0 Å². The molecule has 0 amide bonds. The molecule has 84 valence electrons. The molecule has 1 aromatic heterocycles. The minimum absolute atomic E-state index is 0.0966. The van der Waals surface area contributed by atoms with E-state index in [1.54, 1.807) is 6.92 Å². The van der Waals surface area contributed by atoms with Gasteiger partial charge in [-0.2, -0.15) is 4.98 Å². The highest BCUT2D eigenvalue weighted by atomic mass is 16.5. The summed E-state index contributed by atoms with van der Waals surface area (Å²) in [5.74, 6) is 1.21. The Labute approximate surface area is 89.2 Å². The Morgan fingerprint density at radius 1 is 1.60 bits per heavy atom. The molecule has 0 aromatic carbocycles. The Bertz CT molecular complexity index is 318. The van der Waals surface area contributed by atoms with E-state index in [2.05, 4.69) is 22.4 Å². The van der Waals surface area contributed by atoms with Gasteiger partial charge in [0, 0.05) is 6.54 Å². The molecular weight excluding hydrogens is 194 g/mol. The Morgan fingerprint density at radius 2 is 2.47 bits per heavy atom. The highest BCUT2D eigenvalue weighted by molar-refractivity contribution is 4.85. The molecule has 1 N–H and O–H groups in total. The van der Waals surface area contributed by atoms with Crippen LogP contribution in [-0.4, -0.2) is 28.8 Å². The summed E-state index contributed by atoms with van der Waals surface area (Å²) in [6.07, 6.45) is 2.23. The zero-order valence-corrected chi connectivity index (χ0v) is 9.25. The molecule has 1 aromatic rings. The lowest BCUT2D eigenvalue weighted by molar-refractivity contribution is -0.0654. The van der Waals surface area contributed by atoms with Crippen LogP contribution in [0.5, 0.6) is 0 Å². The number of hydrogen-bond acceptors (Lipinski definition) is 5. The van der Waals surface area contributed by atoms with Gasteiger partial charge in [-0.3, -0.25) is 0 Å². The van der Waals surface area contributed by atoms with Gasteiger partial charge in [-0.1, -0.05) is 5.16 Å². The monoisotopic (exact) mass is 211 g/mol. The van der Waals surface area contributed by atoms with Crippen LogP contribution in [0, 0.1) is 6.92 Å². The predicted octanol–water partition coefficient (Wildman–Crippen LogP) is 1.04. The van der Waals surface area contributed by atoms with Crippen molar-refractivity contribution in [1.29, 1.82) is 0 Å². The van der Waals surface area contributed by atoms with Crippen molar-refractivity contribution in [2.45, 2.75) is 38.9 Å². The molecular formula is C10H17N3O2. The summed E-state index contributed by atoms with van der Waals surface area (Å²) in [4.78, 5) is 4.10. The molecule has 0 spiro atoms. The molecule has 2 heterocycles. The van der Waals surface area contributed by atoms with E-state index >= 15 is 0 Å². The van der Waals surface area contributed by atoms with Crippen molar-refractivity contribution in [3.63, 3.8) is 0 Å². The van der Waals surface area contributed by atoms with Crippen LogP contribution in [0.15, 0.2) is 4.52 Å². The average molecular weight is 211 g/mol. The Balaban J connectivity index is 1.86. The van der Waals surface area contributed by atoms with Gasteiger partial charge in [-0.15, -0.1) is 0 Å². The van der Waals surface area contributed by atoms with Crippen molar-refractivity contribution < 1.29 is 9.26 Å². The molecule has 1 aliphatic heterocycles. The quantitative estimate of drug-likeness (QED) is 0.809. The molecule has 0 saturated carbocycles. The van der Waals surface area contributed by atoms with E-state index in [-0.39, 0.29) is 5.60 Å². The molecule has 1 saturated heterocycles. The van der Waals surface area contributed by atoms with Gasteiger partial charge in [0.25, 0.3) is 5.89 Å². The zero-order valence-electron chi connectivity index (χ0n) is 9.25. The molecule has 1 unspecified atom stereocenters. The lowest BCUT2D eigenvalue weighted by Gasteiger charge is -2.33. The van der Waals surface area contributed by atoms with Gasteiger partial charge in [0.1, 0.15) is 6.61 Å². The molecule has 15 heavy (non-hydrogen) atoms. The van der Waals surface area contributed by atoms with E-state index in [9.17, 15) is 0 Å². The summed E-state index contributed by atoms with van der Waals surface area (Å²) in [6, 6.07) is 0. The van der Waals surface area contributed by atoms with Crippen molar-refractivity contribution in [3.8, 4) is 0 Å². The summed E-state index contributed by atoms with van der Waals surface area (Å²) in [5.41, 5.74) is -0.0966. The molecule has 5 heteroatoms.